The van der Waals surface area contributed by atoms with Crippen LogP contribution in [0.3, 0.4) is 0 Å². The van der Waals surface area contributed by atoms with Crippen molar-refractivity contribution in [1.29, 1.82) is 5.41 Å². The predicted octanol–water partition coefficient (Wildman–Crippen LogP) is 2.59. The van der Waals surface area contributed by atoms with E-state index in [1.807, 2.05) is 32.0 Å². The van der Waals surface area contributed by atoms with E-state index in [-0.39, 0.29) is 0 Å². The van der Waals surface area contributed by atoms with Crippen molar-refractivity contribution in [3.05, 3.63) is 29.3 Å². The van der Waals surface area contributed by atoms with Gasteiger partial charge in [0.15, 0.2) is 0 Å². The van der Waals surface area contributed by atoms with Gasteiger partial charge in [-0.1, -0.05) is 19.1 Å². The molecule has 0 amide bonds. The lowest BCUT2D eigenvalue weighted by atomic mass is 10.1. The van der Waals surface area contributed by atoms with Crippen LogP contribution in [0.4, 0.5) is 0 Å². The summed E-state index contributed by atoms with van der Waals surface area (Å²) in [7, 11) is 0. The third-order valence-electron chi connectivity index (χ3n) is 3.07. The highest BCUT2D eigenvalue weighted by Crippen LogP contribution is 2.40. The number of hydrogen-bond donors (Lipinski definition) is 2. The molecule has 1 aromatic rings. The van der Waals surface area contributed by atoms with Crippen LogP contribution in [0.5, 0.6) is 5.75 Å². The number of fused-ring (bicyclic) bond motifs is 1. The van der Waals surface area contributed by atoms with Crippen LogP contribution in [0.15, 0.2) is 18.2 Å². The number of rotatable bonds is 7. The van der Waals surface area contributed by atoms with Crippen LogP contribution in [0.1, 0.15) is 38.3 Å². The molecular weight excluding hydrogens is 256 g/mol. The van der Waals surface area contributed by atoms with Crippen molar-refractivity contribution in [1.82, 2.24) is 5.32 Å². The summed E-state index contributed by atoms with van der Waals surface area (Å²) < 4.78 is 17.4. The predicted molar refractivity (Wildman–Crippen MR) is 77.1 cm³/mol. The number of amidine groups is 1. The zero-order valence-electron chi connectivity index (χ0n) is 12.3. The van der Waals surface area contributed by atoms with E-state index in [4.69, 9.17) is 19.6 Å². The zero-order chi connectivity index (χ0) is 14.6. The van der Waals surface area contributed by atoms with E-state index >= 15 is 0 Å². The molecule has 0 spiro atoms. The first-order valence-corrected chi connectivity index (χ1v) is 7.09. The lowest BCUT2D eigenvalue weighted by molar-refractivity contribution is -0.250. The molecule has 1 aromatic carbocycles. The molecular formula is C15H22N2O3. The Bertz CT molecular complexity index is 482. The Morgan fingerprint density at radius 2 is 1.85 bits per heavy atom. The van der Waals surface area contributed by atoms with Crippen molar-refractivity contribution >= 4 is 5.84 Å². The molecule has 0 bridgehead atoms. The molecule has 0 unspecified atom stereocenters. The topological polar surface area (TPSA) is 63.6 Å². The van der Waals surface area contributed by atoms with Gasteiger partial charge in [0, 0.05) is 18.8 Å². The smallest absolute Gasteiger partial charge is 0.283 e. The first-order chi connectivity index (χ1) is 9.68. The van der Waals surface area contributed by atoms with Crippen LogP contribution >= 0.6 is 0 Å². The van der Waals surface area contributed by atoms with Crippen molar-refractivity contribution in [2.75, 3.05) is 19.8 Å². The van der Waals surface area contributed by atoms with Crippen molar-refractivity contribution in [3.8, 4) is 5.75 Å². The average molecular weight is 278 g/mol. The normalized spacial score (nSPS) is 15.8. The second-order valence-electron chi connectivity index (χ2n) is 4.51. The van der Waals surface area contributed by atoms with Gasteiger partial charge in [-0.25, -0.2) is 0 Å². The fraction of sp³-hybridized carbons (Fsp3) is 0.533. The van der Waals surface area contributed by atoms with Gasteiger partial charge in [-0.2, -0.15) is 0 Å². The van der Waals surface area contributed by atoms with Crippen molar-refractivity contribution < 1.29 is 14.2 Å². The fourth-order valence-electron chi connectivity index (χ4n) is 2.37. The fourth-order valence-corrected chi connectivity index (χ4v) is 2.37. The second kappa shape index (κ2) is 6.24. The molecule has 0 aromatic heterocycles. The van der Waals surface area contributed by atoms with Crippen LogP contribution < -0.4 is 10.1 Å². The van der Waals surface area contributed by atoms with Gasteiger partial charge in [0.25, 0.3) is 5.91 Å². The van der Waals surface area contributed by atoms with Gasteiger partial charge in [-0.3, -0.25) is 5.41 Å². The summed E-state index contributed by atoms with van der Waals surface area (Å²) in [6, 6.07) is 5.65. The van der Waals surface area contributed by atoms with Gasteiger partial charge in [-0.05, 0) is 26.3 Å². The number of benzene rings is 1. The largest absolute Gasteiger partial charge is 0.493 e. The summed E-state index contributed by atoms with van der Waals surface area (Å²) in [6.45, 7) is 7.43. The van der Waals surface area contributed by atoms with Crippen LogP contribution in [0.2, 0.25) is 0 Å². The maximum atomic E-state index is 8.09. The minimum atomic E-state index is -1.11. The summed E-state index contributed by atoms with van der Waals surface area (Å²) in [5, 5.41) is 11.1. The molecule has 0 fully saturated rings. The molecule has 20 heavy (non-hydrogen) atoms. The maximum Gasteiger partial charge on any atom is 0.283 e. The molecule has 5 nitrogen and oxygen atoms in total. The second-order valence-corrected chi connectivity index (χ2v) is 4.51. The van der Waals surface area contributed by atoms with E-state index in [2.05, 4.69) is 12.2 Å². The van der Waals surface area contributed by atoms with Gasteiger partial charge in [-0.15, -0.1) is 0 Å². The van der Waals surface area contributed by atoms with Crippen molar-refractivity contribution in [2.24, 2.45) is 0 Å². The monoisotopic (exact) mass is 278 g/mol. The molecule has 0 atom stereocenters. The van der Waals surface area contributed by atoms with Gasteiger partial charge >= 0.3 is 0 Å². The molecule has 1 heterocycles. The zero-order valence-corrected chi connectivity index (χ0v) is 12.3. The molecule has 5 heteroatoms. The lowest BCUT2D eigenvalue weighted by Gasteiger charge is -2.30. The Morgan fingerprint density at radius 1 is 1.15 bits per heavy atom. The third kappa shape index (κ3) is 2.51. The molecule has 110 valence electrons. The lowest BCUT2D eigenvalue weighted by Crippen LogP contribution is -2.44. The summed E-state index contributed by atoms with van der Waals surface area (Å²) in [4.78, 5) is 0. The Kier molecular flexibility index (Phi) is 4.62. The Hall–Kier alpha value is -1.59. The van der Waals surface area contributed by atoms with E-state index in [1.54, 1.807) is 0 Å². The molecule has 1 aliphatic heterocycles. The Labute approximate surface area is 119 Å². The Morgan fingerprint density at radius 3 is 2.45 bits per heavy atom. The minimum absolute atomic E-state index is 0.295. The standard InChI is InChI=1S/C15H22N2O3/c1-4-10-18-12-9-7-8-11-13(12)15(19-5-2,20-6-3)17-14(11)16/h7-9H,4-6,10H2,1-3H3,(H2,16,17). The molecule has 1 aliphatic rings. The quantitative estimate of drug-likeness (QED) is 0.752. The highest BCUT2D eigenvalue weighted by molar-refractivity contribution is 6.02. The number of nitrogens with one attached hydrogen (secondary N) is 2. The number of hydrogen-bond acceptors (Lipinski definition) is 4. The molecule has 2 N–H and O–H groups in total. The Balaban J connectivity index is 2.49. The highest BCUT2D eigenvalue weighted by atomic mass is 16.7. The average Bonchev–Trinajstić information content (AvgIpc) is 2.71. The van der Waals surface area contributed by atoms with Gasteiger partial charge in [0.05, 0.1) is 12.2 Å². The van der Waals surface area contributed by atoms with E-state index in [0.717, 1.165) is 17.5 Å². The molecule has 2 rings (SSSR count). The van der Waals surface area contributed by atoms with E-state index in [1.165, 1.54) is 0 Å². The van der Waals surface area contributed by atoms with E-state index in [9.17, 15) is 0 Å². The van der Waals surface area contributed by atoms with Gasteiger partial charge in [0.2, 0.25) is 0 Å². The summed E-state index contributed by atoms with van der Waals surface area (Å²) >= 11 is 0. The minimum Gasteiger partial charge on any atom is -0.493 e. The van der Waals surface area contributed by atoms with E-state index in [0.29, 0.717) is 31.4 Å². The highest BCUT2D eigenvalue weighted by Gasteiger charge is 2.46. The molecule has 0 saturated carbocycles. The number of ether oxygens (including phenoxy) is 3. The van der Waals surface area contributed by atoms with Gasteiger partial charge < -0.3 is 19.5 Å². The first kappa shape index (κ1) is 14.8. The molecule has 0 saturated heterocycles. The third-order valence-corrected chi connectivity index (χ3v) is 3.07. The summed E-state index contributed by atoms with van der Waals surface area (Å²) in [6.07, 6.45) is 0.921. The van der Waals surface area contributed by atoms with Gasteiger partial charge in [0.1, 0.15) is 11.6 Å². The summed E-state index contributed by atoms with van der Waals surface area (Å²) in [5.74, 6) is -0.106. The maximum absolute atomic E-state index is 8.09. The van der Waals surface area contributed by atoms with Crippen LogP contribution in [0.25, 0.3) is 0 Å². The van der Waals surface area contributed by atoms with Crippen LogP contribution in [0, 0.1) is 5.41 Å². The first-order valence-electron chi connectivity index (χ1n) is 7.09. The van der Waals surface area contributed by atoms with Crippen molar-refractivity contribution in [2.45, 2.75) is 33.1 Å². The summed E-state index contributed by atoms with van der Waals surface area (Å²) in [5.41, 5.74) is 1.53. The molecule has 0 aliphatic carbocycles. The van der Waals surface area contributed by atoms with Crippen LogP contribution in [-0.2, 0) is 15.4 Å². The SMILES string of the molecule is CCCOc1cccc2c1C(OCC)(OCC)NC2=N. The van der Waals surface area contributed by atoms with Crippen molar-refractivity contribution in [3.63, 3.8) is 0 Å². The molecule has 0 radical (unpaired) electrons. The van der Waals surface area contributed by atoms with E-state index < -0.39 is 5.91 Å². The van der Waals surface area contributed by atoms with Crippen LogP contribution in [-0.4, -0.2) is 25.7 Å².